The van der Waals surface area contributed by atoms with Gasteiger partial charge in [-0.2, -0.15) is 0 Å². The number of nitrogens with zero attached hydrogens (tertiary/aromatic N) is 1. The molecule has 0 unspecified atom stereocenters. The van der Waals surface area contributed by atoms with Crippen LogP contribution in [-0.2, 0) is 24.1 Å². The van der Waals surface area contributed by atoms with Crippen LogP contribution in [0.1, 0.15) is 16.8 Å². The van der Waals surface area contributed by atoms with Gasteiger partial charge in [-0.25, -0.2) is 4.98 Å². The van der Waals surface area contributed by atoms with Gasteiger partial charge in [-0.3, -0.25) is 4.79 Å². The fourth-order valence-electron chi connectivity index (χ4n) is 2.68. The van der Waals surface area contributed by atoms with E-state index in [2.05, 4.69) is 52.0 Å². The maximum atomic E-state index is 12.0. The molecule has 134 valence electrons. The highest BCUT2D eigenvalue weighted by Crippen LogP contribution is 2.11. The first kappa shape index (κ1) is 18.3. The Balaban J connectivity index is 1.35. The lowest BCUT2D eigenvalue weighted by atomic mass is 10.1. The van der Waals surface area contributed by atoms with Crippen LogP contribution in [0, 0.1) is 0 Å². The third-order valence-corrected chi connectivity index (χ3v) is 4.72. The molecule has 1 heterocycles. The van der Waals surface area contributed by atoms with Crippen LogP contribution in [0.25, 0.3) is 0 Å². The van der Waals surface area contributed by atoms with Crippen molar-refractivity contribution < 1.29 is 4.79 Å². The number of carbonyl (C=O) groups excluding carboxylic acids is 1. The van der Waals surface area contributed by atoms with Gasteiger partial charge >= 0.3 is 0 Å². The molecule has 0 radical (unpaired) electrons. The lowest BCUT2D eigenvalue weighted by Gasteiger charge is -2.07. The molecule has 0 fully saturated rings. The van der Waals surface area contributed by atoms with Gasteiger partial charge in [0.25, 0.3) is 0 Å². The fourth-order valence-corrected chi connectivity index (χ4v) is 3.24. The number of thiazole rings is 1. The zero-order valence-electron chi connectivity index (χ0n) is 14.7. The van der Waals surface area contributed by atoms with Gasteiger partial charge in [0.05, 0.1) is 17.6 Å². The van der Waals surface area contributed by atoms with E-state index in [4.69, 9.17) is 0 Å². The number of nitrogens with one attached hydrogen (secondary N) is 2. The quantitative estimate of drug-likeness (QED) is 0.569. The molecule has 3 aromatic rings. The number of hydrogen-bond donors (Lipinski definition) is 2. The summed E-state index contributed by atoms with van der Waals surface area (Å²) in [7, 11) is 0. The Hall–Kier alpha value is -2.50. The van der Waals surface area contributed by atoms with Crippen molar-refractivity contribution >= 4 is 22.9 Å². The Morgan fingerprint density at radius 3 is 2.27 bits per heavy atom. The van der Waals surface area contributed by atoms with Crippen LogP contribution >= 0.6 is 11.3 Å². The second-order valence-corrected chi connectivity index (χ2v) is 6.86. The second-order valence-electron chi connectivity index (χ2n) is 6.14. The highest BCUT2D eigenvalue weighted by molar-refractivity contribution is 7.07. The maximum absolute atomic E-state index is 12.0. The van der Waals surface area contributed by atoms with Crippen LogP contribution in [-0.4, -0.2) is 24.0 Å². The minimum atomic E-state index is -0.0359. The molecule has 0 saturated carbocycles. The van der Waals surface area contributed by atoms with E-state index < -0.39 is 0 Å². The molecule has 2 N–H and O–H groups in total. The summed E-state index contributed by atoms with van der Waals surface area (Å²) < 4.78 is 0. The fraction of sp³-hybridized carbons (Fsp3) is 0.238. The van der Waals surface area contributed by atoms with Gasteiger partial charge in [-0.15, -0.1) is 11.3 Å². The molecule has 5 heteroatoms. The van der Waals surface area contributed by atoms with Gasteiger partial charge < -0.3 is 10.6 Å². The highest BCUT2D eigenvalue weighted by Gasteiger charge is 2.05. The number of anilines is 1. The van der Waals surface area contributed by atoms with E-state index in [9.17, 15) is 4.79 Å². The van der Waals surface area contributed by atoms with E-state index in [1.807, 2.05) is 23.6 Å². The first-order valence-corrected chi connectivity index (χ1v) is 9.74. The lowest BCUT2D eigenvalue weighted by Crippen LogP contribution is -2.20. The van der Waals surface area contributed by atoms with Crippen molar-refractivity contribution in [1.29, 1.82) is 0 Å². The van der Waals surface area contributed by atoms with Crippen molar-refractivity contribution in [2.45, 2.75) is 19.3 Å². The largest absolute Gasteiger partial charge is 0.326 e. The van der Waals surface area contributed by atoms with Crippen LogP contribution in [0.3, 0.4) is 0 Å². The molecule has 0 saturated heterocycles. The Morgan fingerprint density at radius 2 is 1.62 bits per heavy atom. The topological polar surface area (TPSA) is 54.0 Å². The third kappa shape index (κ3) is 6.10. The van der Waals surface area contributed by atoms with Crippen LogP contribution in [0.15, 0.2) is 65.5 Å². The second kappa shape index (κ2) is 9.85. The number of aromatic nitrogens is 1. The first-order valence-electron chi connectivity index (χ1n) is 8.80. The molecule has 2 aromatic carbocycles. The van der Waals surface area contributed by atoms with Crippen molar-refractivity contribution in [2.75, 3.05) is 18.4 Å². The van der Waals surface area contributed by atoms with Crippen LogP contribution in [0.5, 0.6) is 0 Å². The Kier molecular flexibility index (Phi) is 6.93. The molecular formula is C21H23N3OS. The van der Waals surface area contributed by atoms with Gasteiger partial charge in [0.15, 0.2) is 0 Å². The molecule has 4 nitrogen and oxygen atoms in total. The van der Waals surface area contributed by atoms with E-state index >= 15 is 0 Å². The molecule has 26 heavy (non-hydrogen) atoms. The molecular weight excluding hydrogens is 342 g/mol. The molecule has 0 atom stereocenters. The highest BCUT2D eigenvalue weighted by atomic mass is 32.1. The van der Waals surface area contributed by atoms with Crippen molar-refractivity contribution in [1.82, 2.24) is 10.3 Å². The summed E-state index contributed by atoms with van der Waals surface area (Å²) in [6.07, 6.45) is 2.34. The maximum Gasteiger partial charge on any atom is 0.230 e. The predicted molar refractivity (Wildman–Crippen MR) is 108 cm³/mol. The SMILES string of the molecule is O=C(Cc1cscn1)Nc1ccc(CCNCCc2ccccc2)cc1. The van der Waals surface area contributed by atoms with Crippen LogP contribution in [0.4, 0.5) is 5.69 Å². The van der Waals surface area contributed by atoms with Gasteiger partial charge in [0, 0.05) is 11.1 Å². The molecule has 0 bridgehead atoms. The van der Waals surface area contributed by atoms with Crippen LogP contribution < -0.4 is 10.6 Å². The third-order valence-electron chi connectivity index (χ3n) is 4.09. The van der Waals surface area contributed by atoms with Crippen molar-refractivity contribution in [2.24, 2.45) is 0 Å². The number of carbonyl (C=O) groups is 1. The van der Waals surface area contributed by atoms with E-state index in [-0.39, 0.29) is 5.91 Å². The summed E-state index contributed by atoms with van der Waals surface area (Å²) in [6.45, 7) is 1.93. The molecule has 0 aliphatic heterocycles. The Bertz CT molecular complexity index is 786. The average Bonchev–Trinajstić information content (AvgIpc) is 3.16. The Morgan fingerprint density at radius 1 is 0.923 bits per heavy atom. The summed E-state index contributed by atoms with van der Waals surface area (Å²) >= 11 is 1.50. The summed E-state index contributed by atoms with van der Waals surface area (Å²) in [5, 5.41) is 8.29. The molecule has 1 aromatic heterocycles. The molecule has 1 amide bonds. The zero-order chi connectivity index (χ0) is 18.0. The van der Waals surface area contributed by atoms with Gasteiger partial charge in [0.2, 0.25) is 5.91 Å². The summed E-state index contributed by atoms with van der Waals surface area (Å²) in [5.74, 6) is -0.0359. The minimum absolute atomic E-state index is 0.0359. The molecule has 0 aliphatic carbocycles. The van der Waals surface area contributed by atoms with Gasteiger partial charge in [-0.05, 0) is 49.2 Å². The number of rotatable bonds is 9. The van der Waals surface area contributed by atoms with E-state index in [1.165, 1.54) is 22.5 Å². The molecule has 0 spiro atoms. The van der Waals surface area contributed by atoms with Gasteiger partial charge in [0.1, 0.15) is 0 Å². The standard InChI is InChI=1S/C21H23N3OS/c25-21(14-20-15-26-16-23-20)24-19-8-6-18(7-9-19)11-13-22-12-10-17-4-2-1-3-5-17/h1-9,15-16,22H,10-14H2,(H,24,25). The van der Waals surface area contributed by atoms with Gasteiger partial charge in [-0.1, -0.05) is 42.5 Å². The lowest BCUT2D eigenvalue weighted by molar-refractivity contribution is -0.115. The normalized spacial score (nSPS) is 10.6. The Labute approximate surface area is 158 Å². The van der Waals surface area contributed by atoms with Crippen molar-refractivity contribution in [3.05, 3.63) is 82.3 Å². The molecule has 0 aliphatic rings. The van der Waals surface area contributed by atoms with E-state index in [0.29, 0.717) is 6.42 Å². The molecule has 3 rings (SSSR count). The minimum Gasteiger partial charge on any atom is -0.326 e. The van der Waals surface area contributed by atoms with E-state index in [1.54, 1.807) is 5.51 Å². The predicted octanol–water partition coefficient (Wildman–Crippen LogP) is 3.70. The summed E-state index contributed by atoms with van der Waals surface area (Å²) in [6, 6.07) is 18.6. The van der Waals surface area contributed by atoms with Crippen molar-refractivity contribution in [3.8, 4) is 0 Å². The summed E-state index contributed by atoms with van der Waals surface area (Å²) in [4.78, 5) is 16.1. The number of benzene rings is 2. The van der Waals surface area contributed by atoms with E-state index in [0.717, 1.165) is 37.3 Å². The van der Waals surface area contributed by atoms with Crippen molar-refractivity contribution in [3.63, 3.8) is 0 Å². The van der Waals surface area contributed by atoms with Crippen LogP contribution in [0.2, 0.25) is 0 Å². The average molecular weight is 366 g/mol. The number of amides is 1. The smallest absolute Gasteiger partial charge is 0.230 e. The summed E-state index contributed by atoms with van der Waals surface area (Å²) in [5.41, 5.74) is 6.00. The zero-order valence-corrected chi connectivity index (χ0v) is 15.5. The number of hydrogen-bond acceptors (Lipinski definition) is 4. The first-order chi connectivity index (χ1) is 12.8. The monoisotopic (exact) mass is 365 g/mol.